The lowest BCUT2D eigenvalue weighted by atomic mass is 9.79. The van der Waals surface area contributed by atoms with Gasteiger partial charge in [0.25, 0.3) is 0 Å². The first-order valence-corrected chi connectivity index (χ1v) is 5.45. The van der Waals surface area contributed by atoms with Crippen molar-refractivity contribution in [3.8, 4) is 0 Å². The van der Waals surface area contributed by atoms with Crippen molar-refractivity contribution < 1.29 is 28.4 Å². The van der Waals surface area contributed by atoms with E-state index in [1.807, 2.05) is 0 Å². The first kappa shape index (κ1) is 15.4. The zero-order valence-corrected chi connectivity index (χ0v) is 10.7. The number of nitrogens with one attached hydrogen (secondary N) is 1. The molecule has 104 valence electrons. The van der Waals surface area contributed by atoms with E-state index in [4.69, 9.17) is 14.8 Å². The van der Waals surface area contributed by atoms with E-state index in [0.717, 1.165) is 6.07 Å². The maximum absolute atomic E-state index is 13.2. The zero-order valence-electron chi connectivity index (χ0n) is 10.7. The van der Waals surface area contributed by atoms with Gasteiger partial charge in [0.2, 0.25) is 0 Å². The summed E-state index contributed by atoms with van der Waals surface area (Å²) in [6, 6.07) is 1.62. The number of ether oxygens (including phenoxy) is 1. The van der Waals surface area contributed by atoms with Gasteiger partial charge in [-0.1, -0.05) is 0 Å². The molecule has 0 radical (unpaired) electrons. The van der Waals surface area contributed by atoms with E-state index >= 15 is 0 Å². The van der Waals surface area contributed by atoms with Gasteiger partial charge in [0.05, 0.1) is 0 Å². The maximum atomic E-state index is 13.2. The molecule has 0 fully saturated rings. The number of hydrogen-bond donors (Lipinski definition) is 3. The topological polar surface area (TPSA) is 78.8 Å². The van der Waals surface area contributed by atoms with Crippen LogP contribution in [0, 0.1) is 11.6 Å². The van der Waals surface area contributed by atoms with Gasteiger partial charge in [-0.15, -0.1) is 0 Å². The highest BCUT2D eigenvalue weighted by Gasteiger charge is 2.22. The van der Waals surface area contributed by atoms with Crippen molar-refractivity contribution in [3.05, 3.63) is 23.8 Å². The second kappa shape index (κ2) is 5.54. The molecule has 0 aliphatic heterocycles. The van der Waals surface area contributed by atoms with E-state index in [9.17, 15) is 13.6 Å². The van der Waals surface area contributed by atoms with Crippen molar-refractivity contribution in [2.45, 2.75) is 26.4 Å². The quantitative estimate of drug-likeness (QED) is 0.702. The third-order valence-corrected chi connectivity index (χ3v) is 1.98. The summed E-state index contributed by atoms with van der Waals surface area (Å²) in [5.74, 6) is -2.69. The molecule has 0 aliphatic rings. The summed E-state index contributed by atoms with van der Waals surface area (Å²) < 4.78 is 31.3. The molecule has 0 aromatic heterocycles. The number of anilines is 1. The SMILES string of the molecule is CC(C)(C)OC(=O)Nc1cc(F)c(F)c(B(O)O)c1. The Morgan fingerprint density at radius 1 is 1.32 bits per heavy atom. The average molecular weight is 273 g/mol. The van der Waals surface area contributed by atoms with Crippen molar-refractivity contribution in [3.63, 3.8) is 0 Å². The molecule has 0 atom stereocenters. The first-order valence-electron chi connectivity index (χ1n) is 5.45. The molecule has 0 unspecified atom stereocenters. The fourth-order valence-corrected chi connectivity index (χ4v) is 1.29. The Bertz CT molecular complexity index is 488. The summed E-state index contributed by atoms with van der Waals surface area (Å²) >= 11 is 0. The minimum Gasteiger partial charge on any atom is -0.444 e. The van der Waals surface area contributed by atoms with Gasteiger partial charge in [0.1, 0.15) is 5.60 Å². The highest BCUT2D eigenvalue weighted by Crippen LogP contribution is 2.14. The summed E-state index contributed by atoms with van der Waals surface area (Å²) in [7, 11) is -2.19. The van der Waals surface area contributed by atoms with Gasteiger partial charge in [-0.2, -0.15) is 0 Å². The summed E-state index contributed by atoms with van der Waals surface area (Å²) in [5, 5.41) is 19.9. The normalized spacial score (nSPS) is 11.1. The lowest BCUT2D eigenvalue weighted by Gasteiger charge is -2.20. The number of benzene rings is 1. The van der Waals surface area contributed by atoms with Crippen LogP contribution in [0.2, 0.25) is 0 Å². The van der Waals surface area contributed by atoms with Crippen LogP contribution in [-0.2, 0) is 4.74 Å². The summed E-state index contributed by atoms with van der Waals surface area (Å²) in [6.07, 6.45) is -0.864. The number of hydrogen-bond acceptors (Lipinski definition) is 4. The maximum Gasteiger partial charge on any atom is 0.491 e. The standard InChI is InChI=1S/C11H14BF2NO4/c1-11(2,3)19-10(16)15-6-4-7(12(17)18)9(14)8(13)5-6/h4-5,17-18H,1-3H3,(H,15,16). The number of carbonyl (C=O) groups excluding carboxylic acids is 1. The van der Waals surface area contributed by atoms with Crippen molar-refractivity contribution in [2.75, 3.05) is 5.32 Å². The van der Waals surface area contributed by atoms with Gasteiger partial charge in [0, 0.05) is 17.2 Å². The van der Waals surface area contributed by atoms with Crippen LogP contribution in [0.1, 0.15) is 20.8 Å². The van der Waals surface area contributed by atoms with E-state index in [2.05, 4.69) is 5.32 Å². The van der Waals surface area contributed by atoms with Crippen molar-refractivity contribution in [2.24, 2.45) is 0 Å². The third-order valence-electron chi connectivity index (χ3n) is 1.98. The molecule has 0 saturated heterocycles. The van der Waals surface area contributed by atoms with Gasteiger partial charge < -0.3 is 14.8 Å². The predicted molar refractivity (Wildman–Crippen MR) is 66.0 cm³/mol. The molecule has 0 aliphatic carbocycles. The highest BCUT2D eigenvalue weighted by atomic mass is 19.2. The first-order chi connectivity index (χ1) is 8.60. The Kier molecular flexibility index (Phi) is 4.49. The van der Waals surface area contributed by atoms with Crippen LogP contribution < -0.4 is 10.8 Å². The molecule has 1 rings (SSSR count). The van der Waals surface area contributed by atoms with Crippen LogP contribution in [0.4, 0.5) is 19.3 Å². The monoisotopic (exact) mass is 273 g/mol. The highest BCUT2D eigenvalue weighted by molar-refractivity contribution is 6.58. The van der Waals surface area contributed by atoms with Crippen molar-refractivity contribution in [1.82, 2.24) is 0 Å². The van der Waals surface area contributed by atoms with E-state index in [-0.39, 0.29) is 5.69 Å². The molecular formula is C11H14BF2NO4. The van der Waals surface area contributed by atoms with Gasteiger partial charge in [-0.05, 0) is 26.8 Å². The Morgan fingerprint density at radius 3 is 2.37 bits per heavy atom. The Labute approximate surface area is 109 Å². The van der Waals surface area contributed by atoms with Crippen LogP contribution >= 0.6 is 0 Å². The zero-order chi connectivity index (χ0) is 14.8. The summed E-state index contributed by atoms with van der Waals surface area (Å²) in [6.45, 7) is 4.92. The van der Waals surface area contributed by atoms with Crippen molar-refractivity contribution >= 4 is 24.4 Å². The summed E-state index contributed by atoms with van der Waals surface area (Å²) in [5.41, 5.74) is -1.57. The molecule has 0 saturated carbocycles. The molecule has 1 amide bonds. The van der Waals surface area contributed by atoms with E-state index in [1.165, 1.54) is 0 Å². The van der Waals surface area contributed by atoms with Crippen LogP contribution in [0.25, 0.3) is 0 Å². The molecule has 19 heavy (non-hydrogen) atoms. The van der Waals surface area contributed by atoms with Crippen LogP contribution in [-0.4, -0.2) is 28.9 Å². The average Bonchev–Trinajstić information content (AvgIpc) is 2.19. The Balaban J connectivity index is 2.94. The molecule has 1 aromatic carbocycles. The Morgan fingerprint density at radius 2 is 1.89 bits per heavy atom. The van der Waals surface area contributed by atoms with Gasteiger partial charge >= 0.3 is 13.2 Å². The molecule has 1 aromatic rings. The molecule has 0 bridgehead atoms. The van der Waals surface area contributed by atoms with Gasteiger partial charge in [-0.25, -0.2) is 13.6 Å². The van der Waals surface area contributed by atoms with E-state index in [1.54, 1.807) is 20.8 Å². The van der Waals surface area contributed by atoms with Crippen LogP contribution in [0.5, 0.6) is 0 Å². The lowest BCUT2D eigenvalue weighted by Crippen LogP contribution is -2.34. The van der Waals surface area contributed by atoms with E-state index < -0.39 is 35.9 Å². The van der Waals surface area contributed by atoms with Crippen LogP contribution in [0.3, 0.4) is 0 Å². The van der Waals surface area contributed by atoms with Crippen molar-refractivity contribution in [1.29, 1.82) is 0 Å². The minimum atomic E-state index is -2.19. The number of rotatable bonds is 2. The molecule has 8 heteroatoms. The molecule has 5 nitrogen and oxygen atoms in total. The predicted octanol–water partition coefficient (Wildman–Crippen LogP) is 0.992. The fourth-order valence-electron chi connectivity index (χ4n) is 1.29. The third kappa shape index (κ3) is 4.49. The van der Waals surface area contributed by atoms with Gasteiger partial charge in [0.15, 0.2) is 11.6 Å². The lowest BCUT2D eigenvalue weighted by molar-refractivity contribution is 0.0636. The fraction of sp³-hybridized carbons (Fsp3) is 0.364. The number of amides is 1. The second-order valence-electron chi connectivity index (χ2n) is 4.86. The van der Waals surface area contributed by atoms with Crippen LogP contribution in [0.15, 0.2) is 12.1 Å². The number of carbonyl (C=O) groups is 1. The largest absolute Gasteiger partial charge is 0.491 e. The molecule has 3 N–H and O–H groups in total. The van der Waals surface area contributed by atoms with Gasteiger partial charge in [-0.3, -0.25) is 5.32 Å². The Hall–Kier alpha value is -1.67. The molecule has 0 spiro atoms. The molecule has 0 heterocycles. The van der Waals surface area contributed by atoms with E-state index in [0.29, 0.717) is 6.07 Å². The second-order valence-corrected chi connectivity index (χ2v) is 4.86. The number of halogens is 2. The minimum absolute atomic E-state index is 0.142. The smallest absolute Gasteiger partial charge is 0.444 e. The summed E-state index contributed by atoms with van der Waals surface area (Å²) in [4.78, 5) is 11.4. The molecular weight excluding hydrogens is 259 g/mol.